The van der Waals surface area contributed by atoms with Crippen LogP contribution in [-0.4, -0.2) is 31.0 Å². The largest absolute Gasteiger partial charge is 0.494 e. The van der Waals surface area contributed by atoms with Crippen molar-refractivity contribution in [2.45, 2.75) is 0 Å². The molecule has 34 heavy (non-hydrogen) atoms. The van der Waals surface area contributed by atoms with Gasteiger partial charge in [-0.2, -0.15) is 0 Å². The van der Waals surface area contributed by atoms with Crippen LogP contribution >= 0.6 is 11.3 Å². The van der Waals surface area contributed by atoms with E-state index in [1.807, 2.05) is 6.07 Å². The first kappa shape index (κ1) is 22.9. The van der Waals surface area contributed by atoms with Gasteiger partial charge < -0.3 is 20.1 Å². The van der Waals surface area contributed by atoms with Gasteiger partial charge in [0.15, 0.2) is 0 Å². The number of hydrogen-bond acceptors (Lipinski definition) is 6. The smallest absolute Gasteiger partial charge is 0.267 e. The van der Waals surface area contributed by atoms with E-state index in [2.05, 4.69) is 15.6 Å². The Labute approximate surface area is 199 Å². The first-order chi connectivity index (χ1) is 16.5. The lowest BCUT2D eigenvalue weighted by atomic mass is 10.2. The fraction of sp³-hybridized carbons (Fsp3) is 0.0800. The van der Waals surface area contributed by atoms with Crippen LogP contribution in [0.2, 0.25) is 0 Å². The summed E-state index contributed by atoms with van der Waals surface area (Å²) in [6.07, 6.45) is 1.39. The summed E-state index contributed by atoms with van der Waals surface area (Å²) in [4.78, 5) is 29.9. The van der Waals surface area contributed by atoms with Crippen LogP contribution < -0.4 is 20.1 Å². The van der Waals surface area contributed by atoms with E-state index in [-0.39, 0.29) is 5.91 Å². The third-order valence-corrected chi connectivity index (χ3v) is 5.92. The number of methoxy groups -OCH3 is 2. The minimum Gasteiger partial charge on any atom is -0.494 e. The molecule has 0 saturated heterocycles. The van der Waals surface area contributed by atoms with E-state index in [9.17, 15) is 14.0 Å². The summed E-state index contributed by atoms with van der Waals surface area (Å²) in [6.45, 7) is 0. The third-order valence-electron chi connectivity index (χ3n) is 4.89. The quantitative estimate of drug-likeness (QED) is 0.368. The van der Waals surface area contributed by atoms with E-state index in [0.717, 1.165) is 11.3 Å². The molecule has 0 aliphatic carbocycles. The van der Waals surface area contributed by atoms with E-state index in [1.54, 1.807) is 54.6 Å². The molecule has 0 spiro atoms. The second-order valence-corrected chi connectivity index (χ2v) is 8.07. The summed E-state index contributed by atoms with van der Waals surface area (Å²) in [5, 5.41) is 5.95. The van der Waals surface area contributed by atoms with E-state index in [0.29, 0.717) is 43.9 Å². The number of ether oxygens (including phenoxy) is 2. The summed E-state index contributed by atoms with van der Waals surface area (Å²) >= 11 is 1.07. The van der Waals surface area contributed by atoms with Gasteiger partial charge in [-0.3, -0.25) is 9.59 Å². The van der Waals surface area contributed by atoms with E-state index in [1.165, 1.54) is 26.5 Å². The highest BCUT2D eigenvalue weighted by molar-refractivity contribution is 7.17. The van der Waals surface area contributed by atoms with Crippen molar-refractivity contribution in [2.24, 2.45) is 0 Å². The molecule has 4 aromatic rings. The fourth-order valence-corrected chi connectivity index (χ4v) is 4.04. The second-order valence-electron chi connectivity index (χ2n) is 7.04. The van der Waals surface area contributed by atoms with Crippen LogP contribution in [0.5, 0.6) is 11.5 Å². The van der Waals surface area contributed by atoms with Gasteiger partial charge in [0.2, 0.25) is 0 Å². The number of carbonyl (C=O) groups is 2. The maximum absolute atomic E-state index is 14.1. The standard InChI is InChI=1S/C25H20FN3O4S/c1-32-20-13-19(21(33-2)12-18(20)28-23(30)15-8-4-3-5-9-15)29-24(31)22-14-27-25(34-22)16-10-6-7-11-17(16)26/h3-14H,1-2H3,(H,28,30)(H,29,31). The average Bonchev–Trinajstić information content (AvgIpc) is 3.35. The molecular weight excluding hydrogens is 457 g/mol. The molecular formula is C25H20FN3O4S. The van der Waals surface area contributed by atoms with Crippen LogP contribution in [0.4, 0.5) is 15.8 Å². The monoisotopic (exact) mass is 477 g/mol. The van der Waals surface area contributed by atoms with Crippen LogP contribution in [0.1, 0.15) is 20.0 Å². The molecule has 2 N–H and O–H groups in total. The molecule has 4 rings (SSSR count). The number of nitrogens with zero attached hydrogens (tertiary/aromatic N) is 1. The molecule has 0 saturated carbocycles. The highest BCUT2D eigenvalue weighted by atomic mass is 32.1. The van der Waals surface area contributed by atoms with Crippen molar-refractivity contribution < 1.29 is 23.5 Å². The van der Waals surface area contributed by atoms with Crippen LogP contribution in [-0.2, 0) is 0 Å². The highest BCUT2D eigenvalue weighted by Crippen LogP contribution is 2.37. The normalized spacial score (nSPS) is 10.4. The molecule has 2 amide bonds. The number of halogens is 1. The fourth-order valence-electron chi connectivity index (χ4n) is 3.20. The van der Waals surface area contributed by atoms with Gasteiger partial charge in [-0.1, -0.05) is 30.3 Å². The summed E-state index contributed by atoms with van der Waals surface area (Å²) in [5.41, 5.74) is 1.52. The Bertz CT molecular complexity index is 1340. The van der Waals surface area contributed by atoms with Crippen molar-refractivity contribution in [3.63, 3.8) is 0 Å². The first-order valence-electron chi connectivity index (χ1n) is 10.1. The Kier molecular flexibility index (Phi) is 6.84. The molecule has 0 unspecified atom stereocenters. The molecule has 0 radical (unpaired) electrons. The number of hydrogen-bond donors (Lipinski definition) is 2. The molecule has 0 aliphatic rings. The van der Waals surface area contributed by atoms with Gasteiger partial charge in [0.1, 0.15) is 27.2 Å². The van der Waals surface area contributed by atoms with Crippen molar-refractivity contribution >= 4 is 34.5 Å². The Morgan fingerprint density at radius 1 is 0.853 bits per heavy atom. The average molecular weight is 478 g/mol. The molecule has 9 heteroatoms. The number of benzene rings is 3. The number of rotatable bonds is 7. The maximum atomic E-state index is 14.1. The van der Waals surface area contributed by atoms with Crippen molar-refractivity contribution in [3.8, 4) is 22.1 Å². The number of anilines is 2. The van der Waals surface area contributed by atoms with Gasteiger partial charge in [0.25, 0.3) is 11.8 Å². The molecule has 7 nitrogen and oxygen atoms in total. The van der Waals surface area contributed by atoms with Crippen LogP contribution in [0.15, 0.2) is 72.9 Å². The minimum absolute atomic E-state index is 0.292. The van der Waals surface area contributed by atoms with Crippen molar-refractivity contribution in [3.05, 3.63) is 89.2 Å². The topological polar surface area (TPSA) is 89.6 Å². The lowest BCUT2D eigenvalue weighted by molar-refractivity contribution is 0.101. The Morgan fingerprint density at radius 2 is 1.44 bits per heavy atom. The van der Waals surface area contributed by atoms with Crippen molar-refractivity contribution in [1.29, 1.82) is 0 Å². The number of amides is 2. The van der Waals surface area contributed by atoms with Crippen LogP contribution in [0.25, 0.3) is 10.6 Å². The highest BCUT2D eigenvalue weighted by Gasteiger charge is 2.19. The zero-order valence-corrected chi connectivity index (χ0v) is 19.1. The van der Waals surface area contributed by atoms with Gasteiger partial charge in [0, 0.05) is 23.3 Å². The molecule has 3 aromatic carbocycles. The Morgan fingerprint density at radius 3 is 2.06 bits per heavy atom. The number of carbonyl (C=O) groups excluding carboxylic acids is 2. The van der Waals surface area contributed by atoms with Gasteiger partial charge in [0.05, 0.1) is 31.8 Å². The SMILES string of the molecule is COc1cc(NC(=O)c2cnc(-c3ccccc3F)s2)c(OC)cc1NC(=O)c1ccccc1. The summed E-state index contributed by atoms with van der Waals surface area (Å²) in [6, 6.07) is 18.1. The van der Waals surface area contributed by atoms with Crippen LogP contribution in [0, 0.1) is 5.82 Å². The van der Waals surface area contributed by atoms with Crippen LogP contribution in [0.3, 0.4) is 0 Å². The molecule has 0 aliphatic heterocycles. The third kappa shape index (κ3) is 4.89. The molecule has 172 valence electrons. The Hall–Kier alpha value is -4.24. The number of nitrogens with one attached hydrogen (secondary N) is 2. The number of thiazole rings is 1. The lowest BCUT2D eigenvalue weighted by Crippen LogP contribution is -2.14. The summed E-state index contributed by atoms with van der Waals surface area (Å²) in [7, 11) is 2.90. The second kappa shape index (κ2) is 10.1. The van der Waals surface area contributed by atoms with Gasteiger partial charge >= 0.3 is 0 Å². The molecule has 0 atom stereocenters. The first-order valence-corrected chi connectivity index (χ1v) is 11.0. The molecule has 1 aromatic heterocycles. The van der Waals surface area contributed by atoms with Gasteiger partial charge in [-0.05, 0) is 24.3 Å². The molecule has 1 heterocycles. The van der Waals surface area contributed by atoms with E-state index in [4.69, 9.17) is 9.47 Å². The minimum atomic E-state index is -0.443. The molecule has 0 bridgehead atoms. The zero-order chi connectivity index (χ0) is 24.1. The van der Waals surface area contributed by atoms with Gasteiger partial charge in [-0.15, -0.1) is 11.3 Å². The molecule has 0 fully saturated rings. The predicted molar refractivity (Wildman–Crippen MR) is 129 cm³/mol. The van der Waals surface area contributed by atoms with E-state index < -0.39 is 11.7 Å². The maximum Gasteiger partial charge on any atom is 0.267 e. The van der Waals surface area contributed by atoms with Gasteiger partial charge in [-0.25, -0.2) is 9.37 Å². The Balaban J connectivity index is 1.57. The summed E-state index contributed by atoms with van der Waals surface area (Å²) in [5.74, 6) is -0.527. The predicted octanol–water partition coefficient (Wildman–Crippen LogP) is 5.47. The zero-order valence-electron chi connectivity index (χ0n) is 18.3. The number of aromatic nitrogens is 1. The van der Waals surface area contributed by atoms with E-state index >= 15 is 0 Å². The van der Waals surface area contributed by atoms with Crippen molar-refractivity contribution in [1.82, 2.24) is 4.98 Å². The van der Waals surface area contributed by atoms with Crippen molar-refractivity contribution in [2.75, 3.05) is 24.9 Å². The lowest BCUT2D eigenvalue weighted by Gasteiger charge is -2.16. The summed E-state index contributed by atoms with van der Waals surface area (Å²) < 4.78 is 24.9.